The number of anilines is 1. The number of hydrogen-bond acceptors (Lipinski definition) is 8. The Labute approximate surface area is 204 Å². The van der Waals surface area contributed by atoms with Gasteiger partial charge in [0.25, 0.3) is 0 Å². The maximum absolute atomic E-state index is 13.9. The minimum atomic E-state index is -0.822. The Balaban J connectivity index is 1.49. The maximum Gasteiger partial charge on any atom is 0.513 e. The van der Waals surface area contributed by atoms with Gasteiger partial charge in [0.1, 0.15) is 42.2 Å². The van der Waals surface area contributed by atoms with E-state index in [1.54, 1.807) is 19.1 Å². The van der Waals surface area contributed by atoms with Crippen LogP contribution in [0.3, 0.4) is 0 Å². The number of pyridine rings is 1. The Morgan fingerprint density at radius 3 is 2.49 bits per heavy atom. The Morgan fingerprint density at radius 1 is 1.06 bits per heavy atom. The predicted octanol–water partition coefficient (Wildman–Crippen LogP) is 6.16. The van der Waals surface area contributed by atoms with E-state index in [1.165, 1.54) is 17.5 Å². The van der Waals surface area contributed by atoms with E-state index in [9.17, 15) is 13.6 Å². The third-order valence-electron chi connectivity index (χ3n) is 4.94. The number of carbonyl (C=O) groups excluding carboxylic acids is 1. The van der Waals surface area contributed by atoms with Crippen molar-refractivity contribution in [3.05, 3.63) is 76.3 Å². The van der Waals surface area contributed by atoms with Crippen LogP contribution in [-0.2, 0) is 18.0 Å². The monoisotopic (exact) mass is 500 g/mol. The number of nitrogen functional groups attached to an aromatic ring is 1. The molecule has 0 aliphatic heterocycles. The maximum atomic E-state index is 13.9. The Morgan fingerprint density at radius 2 is 1.77 bits per heavy atom. The van der Waals surface area contributed by atoms with E-state index in [4.69, 9.17) is 24.7 Å². The zero-order chi connectivity index (χ0) is 24.9. The second-order valence-corrected chi connectivity index (χ2v) is 8.43. The molecule has 0 atom stereocenters. The van der Waals surface area contributed by atoms with E-state index in [2.05, 4.69) is 4.98 Å². The number of hydrogen-bond donors (Lipinski definition) is 1. The van der Waals surface area contributed by atoms with E-state index in [0.717, 1.165) is 29.3 Å². The Bertz CT molecular complexity index is 1380. The molecule has 182 valence electrons. The molecule has 0 spiro atoms. The molecule has 4 rings (SSSR count). The van der Waals surface area contributed by atoms with Gasteiger partial charge in [-0.1, -0.05) is 0 Å². The van der Waals surface area contributed by atoms with Crippen LogP contribution < -0.4 is 19.9 Å². The summed E-state index contributed by atoms with van der Waals surface area (Å²) in [6.45, 7) is 3.76. The van der Waals surface area contributed by atoms with E-state index in [-0.39, 0.29) is 37.0 Å². The van der Waals surface area contributed by atoms with Crippen molar-refractivity contribution in [3.8, 4) is 17.2 Å². The summed E-state index contributed by atoms with van der Waals surface area (Å²) in [7, 11) is 0. The van der Waals surface area contributed by atoms with Gasteiger partial charge in [0.05, 0.1) is 17.5 Å². The van der Waals surface area contributed by atoms with Gasteiger partial charge in [-0.25, -0.2) is 18.6 Å². The Kier molecular flexibility index (Phi) is 7.31. The van der Waals surface area contributed by atoms with Crippen LogP contribution in [-0.4, -0.2) is 17.7 Å². The summed E-state index contributed by atoms with van der Waals surface area (Å²) in [4.78, 5) is 15.8. The number of benzene rings is 2. The highest BCUT2D eigenvalue weighted by Crippen LogP contribution is 2.37. The van der Waals surface area contributed by atoms with Crippen LogP contribution in [0.4, 0.5) is 19.4 Å². The molecule has 0 aliphatic carbocycles. The topological polar surface area (TPSA) is 92.9 Å². The molecule has 0 fully saturated rings. The molecular weight excluding hydrogens is 478 g/mol. The van der Waals surface area contributed by atoms with Gasteiger partial charge in [-0.3, -0.25) is 0 Å². The molecule has 35 heavy (non-hydrogen) atoms. The molecule has 2 N–H and O–H groups in total. The zero-order valence-electron chi connectivity index (χ0n) is 19.0. The SMILES string of the molecule is CCOC(=O)Oc1cnc(N)c2c(COc3cc(C)cc(OCc4cc(F)ccc4F)c3)csc12. The summed E-state index contributed by atoms with van der Waals surface area (Å²) in [6.07, 6.45) is 0.554. The zero-order valence-corrected chi connectivity index (χ0v) is 19.8. The van der Waals surface area contributed by atoms with Crippen LogP contribution >= 0.6 is 11.3 Å². The minimum absolute atomic E-state index is 0.113. The number of aromatic nitrogens is 1. The molecule has 2 aromatic carbocycles. The number of nitrogens with two attached hydrogens (primary N) is 1. The summed E-state index contributed by atoms with van der Waals surface area (Å²) in [6, 6.07) is 8.47. The van der Waals surface area contributed by atoms with Crippen LogP contribution in [0.2, 0.25) is 0 Å². The lowest BCUT2D eigenvalue weighted by Gasteiger charge is -2.12. The van der Waals surface area contributed by atoms with Crippen LogP contribution in [0.25, 0.3) is 10.1 Å². The first-order valence-electron chi connectivity index (χ1n) is 10.6. The van der Waals surface area contributed by atoms with Crippen molar-refractivity contribution < 1.29 is 32.5 Å². The predicted molar refractivity (Wildman–Crippen MR) is 128 cm³/mol. The lowest BCUT2D eigenvalue weighted by molar-refractivity contribution is 0.105. The van der Waals surface area contributed by atoms with Gasteiger partial charge < -0.3 is 24.7 Å². The molecule has 0 saturated carbocycles. The van der Waals surface area contributed by atoms with Crippen LogP contribution in [0.5, 0.6) is 17.2 Å². The molecule has 0 saturated heterocycles. The number of rotatable bonds is 8. The van der Waals surface area contributed by atoms with E-state index < -0.39 is 17.8 Å². The van der Waals surface area contributed by atoms with Gasteiger partial charge >= 0.3 is 6.16 Å². The second kappa shape index (κ2) is 10.6. The summed E-state index contributed by atoms with van der Waals surface area (Å²) in [5.74, 6) is 0.416. The van der Waals surface area contributed by atoms with Gasteiger partial charge in [0, 0.05) is 22.6 Å². The first-order valence-corrected chi connectivity index (χ1v) is 11.5. The minimum Gasteiger partial charge on any atom is -0.489 e. The van der Waals surface area contributed by atoms with E-state index in [1.807, 2.05) is 18.4 Å². The second-order valence-electron chi connectivity index (χ2n) is 7.55. The fraction of sp³-hybridized carbons (Fsp3) is 0.200. The van der Waals surface area contributed by atoms with Crippen molar-refractivity contribution in [2.24, 2.45) is 0 Å². The number of halogens is 2. The van der Waals surface area contributed by atoms with Crippen molar-refractivity contribution in [1.29, 1.82) is 0 Å². The van der Waals surface area contributed by atoms with Crippen molar-refractivity contribution in [1.82, 2.24) is 4.98 Å². The van der Waals surface area contributed by atoms with Crippen molar-refractivity contribution in [3.63, 3.8) is 0 Å². The third-order valence-corrected chi connectivity index (χ3v) is 5.99. The van der Waals surface area contributed by atoms with Crippen molar-refractivity contribution >= 4 is 33.4 Å². The summed E-state index contributed by atoms with van der Waals surface area (Å²) >= 11 is 1.34. The number of aryl methyl sites for hydroxylation is 1. The number of thiophene rings is 1. The lowest BCUT2D eigenvalue weighted by atomic mass is 10.2. The third kappa shape index (κ3) is 5.78. The standard InChI is InChI=1S/C25H22F2N2O5S/c1-3-31-25(30)34-21-10-29-24(28)22-16(13-35-23(21)22)12-33-19-7-14(2)6-18(9-19)32-11-15-8-17(26)4-5-20(15)27/h4-10,13H,3,11-12H2,1-2H3,(H2,28,29). The summed E-state index contributed by atoms with van der Waals surface area (Å²) in [5, 5.41) is 2.48. The largest absolute Gasteiger partial charge is 0.513 e. The number of carbonyl (C=O) groups is 1. The molecule has 2 heterocycles. The molecular formula is C25H22F2N2O5S. The first-order chi connectivity index (χ1) is 16.8. The van der Waals surface area contributed by atoms with E-state index >= 15 is 0 Å². The van der Waals surface area contributed by atoms with Crippen molar-refractivity contribution in [2.45, 2.75) is 27.1 Å². The average molecular weight is 501 g/mol. The average Bonchev–Trinajstić information content (AvgIpc) is 3.25. The molecule has 0 unspecified atom stereocenters. The number of nitrogens with zero attached hydrogens (tertiary/aromatic N) is 1. The Hall–Kier alpha value is -3.92. The van der Waals surface area contributed by atoms with Crippen LogP contribution in [0.15, 0.2) is 48.0 Å². The molecule has 4 aromatic rings. The molecule has 0 radical (unpaired) electrons. The molecule has 2 aromatic heterocycles. The van der Waals surface area contributed by atoms with Crippen LogP contribution in [0, 0.1) is 18.6 Å². The highest BCUT2D eigenvalue weighted by molar-refractivity contribution is 7.17. The normalized spacial score (nSPS) is 10.9. The summed E-state index contributed by atoms with van der Waals surface area (Å²) in [5.41, 5.74) is 7.82. The summed E-state index contributed by atoms with van der Waals surface area (Å²) < 4.78 is 49.6. The first kappa shape index (κ1) is 24.2. The molecule has 0 amide bonds. The van der Waals surface area contributed by atoms with Gasteiger partial charge in [-0.2, -0.15) is 0 Å². The molecule has 0 bridgehead atoms. The fourth-order valence-corrected chi connectivity index (χ4v) is 4.39. The van der Waals surface area contributed by atoms with Gasteiger partial charge in [0.15, 0.2) is 5.75 Å². The number of fused-ring (bicyclic) bond motifs is 1. The highest BCUT2D eigenvalue weighted by atomic mass is 32.1. The smallest absolute Gasteiger partial charge is 0.489 e. The quantitative estimate of drug-likeness (QED) is 0.290. The van der Waals surface area contributed by atoms with E-state index in [0.29, 0.717) is 21.6 Å². The number of ether oxygens (including phenoxy) is 4. The molecule has 0 aliphatic rings. The van der Waals surface area contributed by atoms with Gasteiger partial charge in [0.2, 0.25) is 0 Å². The fourth-order valence-electron chi connectivity index (χ4n) is 3.38. The van der Waals surface area contributed by atoms with Gasteiger partial charge in [-0.05, 0) is 55.1 Å². The molecule has 7 nitrogen and oxygen atoms in total. The lowest BCUT2D eigenvalue weighted by Crippen LogP contribution is -2.10. The molecule has 10 heteroatoms. The van der Waals surface area contributed by atoms with Gasteiger partial charge in [-0.15, -0.1) is 11.3 Å². The van der Waals surface area contributed by atoms with Crippen molar-refractivity contribution in [2.75, 3.05) is 12.3 Å². The highest BCUT2D eigenvalue weighted by Gasteiger charge is 2.17. The van der Waals surface area contributed by atoms with Crippen LogP contribution in [0.1, 0.15) is 23.6 Å².